The fourth-order valence-corrected chi connectivity index (χ4v) is 1.99. The predicted octanol–water partition coefficient (Wildman–Crippen LogP) is 2.18. The number of aryl methyl sites for hydroxylation is 1. The molecular formula is C12H21N3. The van der Waals surface area contributed by atoms with Crippen LogP contribution in [0.1, 0.15) is 38.2 Å². The van der Waals surface area contributed by atoms with Crippen LogP contribution in [0.15, 0.2) is 12.4 Å². The molecule has 0 atom stereocenters. The topological polar surface area (TPSA) is 29.9 Å². The molecular weight excluding hydrogens is 186 g/mol. The Labute approximate surface area is 91.9 Å². The largest absolute Gasteiger partial charge is 0.313 e. The smallest absolute Gasteiger partial charge is 0.0534 e. The van der Waals surface area contributed by atoms with Crippen molar-refractivity contribution in [2.45, 2.75) is 45.7 Å². The highest BCUT2D eigenvalue weighted by Crippen LogP contribution is 2.28. The fourth-order valence-electron chi connectivity index (χ4n) is 1.99. The number of hydrogen-bond donors (Lipinski definition) is 1. The summed E-state index contributed by atoms with van der Waals surface area (Å²) < 4.78 is 1.98. The van der Waals surface area contributed by atoms with E-state index in [0.717, 1.165) is 25.6 Å². The Morgan fingerprint density at radius 3 is 3.00 bits per heavy atom. The first-order chi connectivity index (χ1) is 7.38. The van der Waals surface area contributed by atoms with Gasteiger partial charge in [-0.25, -0.2) is 0 Å². The fraction of sp³-hybridized carbons (Fsp3) is 0.750. The van der Waals surface area contributed by atoms with Crippen LogP contribution in [0, 0.1) is 5.92 Å². The number of aromatic nitrogens is 2. The van der Waals surface area contributed by atoms with Crippen molar-refractivity contribution in [1.82, 2.24) is 15.1 Å². The van der Waals surface area contributed by atoms with E-state index in [-0.39, 0.29) is 0 Å². The van der Waals surface area contributed by atoms with E-state index >= 15 is 0 Å². The molecule has 1 aliphatic carbocycles. The van der Waals surface area contributed by atoms with E-state index in [1.165, 1.54) is 31.2 Å². The van der Waals surface area contributed by atoms with Gasteiger partial charge in [-0.2, -0.15) is 5.10 Å². The van der Waals surface area contributed by atoms with Crippen molar-refractivity contribution in [3.8, 4) is 0 Å². The number of nitrogens with one attached hydrogen (secondary N) is 1. The molecule has 1 aromatic rings. The molecule has 3 heteroatoms. The quantitative estimate of drug-likeness (QED) is 0.725. The van der Waals surface area contributed by atoms with Crippen LogP contribution in [0.3, 0.4) is 0 Å². The van der Waals surface area contributed by atoms with Crippen molar-refractivity contribution in [1.29, 1.82) is 0 Å². The lowest BCUT2D eigenvalue weighted by Crippen LogP contribution is -2.20. The third-order valence-corrected chi connectivity index (χ3v) is 3.29. The van der Waals surface area contributed by atoms with E-state index in [9.17, 15) is 0 Å². The predicted molar refractivity (Wildman–Crippen MR) is 61.6 cm³/mol. The van der Waals surface area contributed by atoms with E-state index in [0.29, 0.717) is 0 Å². The van der Waals surface area contributed by atoms with Gasteiger partial charge in [-0.1, -0.05) is 19.3 Å². The summed E-state index contributed by atoms with van der Waals surface area (Å²) in [6.45, 7) is 5.19. The van der Waals surface area contributed by atoms with Crippen LogP contribution in [-0.2, 0) is 13.1 Å². The summed E-state index contributed by atoms with van der Waals surface area (Å²) in [5.41, 5.74) is 1.30. The van der Waals surface area contributed by atoms with Gasteiger partial charge in [0.15, 0.2) is 0 Å². The zero-order valence-corrected chi connectivity index (χ0v) is 9.58. The minimum atomic E-state index is 0.960. The average molecular weight is 207 g/mol. The van der Waals surface area contributed by atoms with Gasteiger partial charge in [-0.15, -0.1) is 0 Å². The van der Waals surface area contributed by atoms with Crippen molar-refractivity contribution in [2.75, 3.05) is 6.54 Å². The summed E-state index contributed by atoms with van der Waals surface area (Å²) in [6.07, 6.45) is 9.79. The molecule has 1 heterocycles. The zero-order valence-electron chi connectivity index (χ0n) is 9.58. The minimum Gasteiger partial charge on any atom is -0.313 e. The van der Waals surface area contributed by atoms with Gasteiger partial charge in [0.05, 0.1) is 6.20 Å². The first-order valence-corrected chi connectivity index (χ1v) is 6.10. The van der Waals surface area contributed by atoms with Crippen LogP contribution in [0.2, 0.25) is 0 Å². The van der Waals surface area contributed by atoms with Crippen LogP contribution in [0.25, 0.3) is 0 Å². The Balaban J connectivity index is 1.60. The van der Waals surface area contributed by atoms with Gasteiger partial charge >= 0.3 is 0 Å². The molecule has 84 valence electrons. The molecule has 0 aromatic carbocycles. The normalized spacial score (nSPS) is 16.6. The van der Waals surface area contributed by atoms with Gasteiger partial charge in [-0.05, 0) is 25.8 Å². The van der Waals surface area contributed by atoms with E-state index in [1.54, 1.807) is 0 Å². The summed E-state index contributed by atoms with van der Waals surface area (Å²) in [5.74, 6) is 1.01. The molecule has 0 saturated heterocycles. The lowest BCUT2D eigenvalue weighted by molar-refractivity contribution is 0.292. The molecule has 1 saturated carbocycles. The molecule has 0 amide bonds. The summed E-state index contributed by atoms with van der Waals surface area (Å²) in [4.78, 5) is 0. The summed E-state index contributed by atoms with van der Waals surface area (Å²) in [6, 6.07) is 0. The second-order valence-corrected chi connectivity index (χ2v) is 4.47. The van der Waals surface area contributed by atoms with Crippen LogP contribution in [-0.4, -0.2) is 16.3 Å². The monoisotopic (exact) mass is 207 g/mol. The molecule has 0 aliphatic heterocycles. The van der Waals surface area contributed by atoms with Crippen LogP contribution in [0.5, 0.6) is 0 Å². The third kappa shape index (κ3) is 3.06. The second-order valence-electron chi connectivity index (χ2n) is 4.47. The molecule has 0 radical (unpaired) electrons. The number of rotatable bonds is 6. The van der Waals surface area contributed by atoms with E-state index in [1.807, 2.05) is 10.9 Å². The molecule has 1 fully saturated rings. The van der Waals surface area contributed by atoms with Gasteiger partial charge in [0.2, 0.25) is 0 Å². The molecule has 3 nitrogen and oxygen atoms in total. The summed E-state index contributed by atoms with van der Waals surface area (Å²) in [7, 11) is 0. The Kier molecular flexibility index (Phi) is 3.78. The first kappa shape index (κ1) is 10.7. The SMILES string of the molecule is CCn1cc(CNCCC2CCC2)cn1. The Morgan fingerprint density at radius 1 is 1.53 bits per heavy atom. The maximum atomic E-state index is 4.25. The summed E-state index contributed by atoms with van der Waals surface area (Å²) >= 11 is 0. The molecule has 0 bridgehead atoms. The number of hydrogen-bond acceptors (Lipinski definition) is 2. The standard InChI is InChI=1S/C12H21N3/c1-2-15-10-12(9-14-15)8-13-7-6-11-4-3-5-11/h9-11,13H,2-8H2,1H3. The molecule has 1 aliphatic rings. The van der Waals surface area contributed by atoms with Gasteiger partial charge in [0.25, 0.3) is 0 Å². The minimum absolute atomic E-state index is 0.960. The van der Waals surface area contributed by atoms with Gasteiger partial charge in [0, 0.05) is 24.8 Å². The summed E-state index contributed by atoms with van der Waals surface area (Å²) in [5, 5.41) is 7.74. The van der Waals surface area contributed by atoms with E-state index in [2.05, 4.69) is 23.5 Å². The Bertz CT molecular complexity index is 289. The maximum absolute atomic E-state index is 4.25. The highest BCUT2D eigenvalue weighted by molar-refractivity contribution is 5.03. The number of nitrogens with zero attached hydrogens (tertiary/aromatic N) is 2. The second kappa shape index (κ2) is 5.31. The van der Waals surface area contributed by atoms with Crippen molar-refractivity contribution < 1.29 is 0 Å². The highest BCUT2D eigenvalue weighted by atomic mass is 15.3. The zero-order chi connectivity index (χ0) is 10.5. The lowest BCUT2D eigenvalue weighted by Gasteiger charge is -2.25. The van der Waals surface area contributed by atoms with Crippen LogP contribution < -0.4 is 5.32 Å². The highest BCUT2D eigenvalue weighted by Gasteiger charge is 2.16. The lowest BCUT2D eigenvalue weighted by atomic mass is 9.83. The molecule has 2 rings (SSSR count). The first-order valence-electron chi connectivity index (χ1n) is 6.10. The molecule has 0 unspecified atom stereocenters. The van der Waals surface area contributed by atoms with Crippen molar-refractivity contribution in [3.63, 3.8) is 0 Å². The van der Waals surface area contributed by atoms with Gasteiger partial charge < -0.3 is 5.32 Å². The van der Waals surface area contributed by atoms with Crippen molar-refractivity contribution in [2.24, 2.45) is 5.92 Å². The van der Waals surface area contributed by atoms with Gasteiger partial charge in [-0.3, -0.25) is 4.68 Å². The molecule has 1 aromatic heterocycles. The van der Waals surface area contributed by atoms with E-state index < -0.39 is 0 Å². The molecule has 0 spiro atoms. The molecule has 1 N–H and O–H groups in total. The van der Waals surface area contributed by atoms with Crippen LogP contribution in [0.4, 0.5) is 0 Å². The van der Waals surface area contributed by atoms with Crippen LogP contribution >= 0.6 is 0 Å². The third-order valence-electron chi connectivity index (χ3n) is 3.29. The Morgan fingerprint density at radius 2 is 2.40 bits per heavy atom. The maximum Gasteiger partial charge on any atom is 0.0534 e. The van der Waals surface area contributed by atoms with Crippen molar-refractivity contribution in [3.05, 3.63) is 18.0 Å². The van der Waals surface area contributed by atoms with E-state index in [4.69, 9.17) is 0 Å². The Hall–Kier alpha value is -0.830. The van der Waals surface area contributed by atoms with Crippen molar-refractivity contribution >= 4 is 0 Å². The molecule has 15 heavy (non-hydrogen) atoms. The van der Waals surface area contributed by atoms with Gasteiger partial charge in [0.1, 0.15) is 0 Å². The average Bonchev–Trinajstić information content (AvgIpc) is 2.62.